The first-order valence-corrected chi connectivity index (χ1v) is 14.5. The molecule has 0 aliphatic carbocycles. The Balaban J connectivity index is 5.89. The Labute approximate surface area is 199 Å². The van der Waals surface area contributed by atoms with E-state index >= 15 is 0 Å². The molecule has 0 aliphatic rings. The van der Waals surface area contributed by atoms with E-state index < -0.39 is 60.4 Å². The lowest BCUT2D eigenvalue weighted by molar-refractivity contribution is -0.146. The summed E-state index contributed by atoms with van der Waals surface area (Å²) in [6.45, 7) is 13.8. The maximum Gasteiger partial charge on any atom is 0.264 e. The van der Waals surface area contributed by atoms with Crippen LogP contribution in [0.1, 0.15) is 68.2 Å². The molecule has 33 heavy (non-hydrogen) atoms. The molecule has 0 fully saturated rings. The predicted molar refractivity (Wildman–Crippen MR) is 127 cm³/mol. The van der Waals surface area contributed by atoms with Crippen LogP contribution in [-0.2, 0) is 38.2 Å². The molecular formula is C21H42N2O8S2. The summed E-state index contributed by atoms with van der Waals surface area (Å²) < 4.78 is 55.7. The maximum atomic E-state index is 13.4. The third-order valence-corrected chi connectivity index (χ3v) is 6.80. The third kappa shape index (κ3) is 10.7. The summed E-state index contributed by atoms with van der Waals surface area (Å²) in [6, 6.07) is -1.37. The first-order chi connectivity index (χ1) is 14.6. The molecule has 2 atom stereocenters. The molecule has 0 aromatic carbocycles. The van der Waals surface area contributed by atoms with Gasteiger partial charge in [0, 0.05) is 0 Å². The highest BCUT2D eigenvalue weighted by Crippen LogP contribution is 2.31. The number of nitrogens with one attached hydrogen (secondary N) is 2. The van der Waals surface area contributed by atoms with E-state index in [0.717, 1.165) is 12.5 Å². The van der Waals surface area contributed by atoms with Gasteiger partial charge in [-0.25, -0.2) is 0 Å². The zero-order chi connectivity index (χ0) is 26.5. The lowest BCUT2D eigenvalue weighted by Crippen LogP contribution is -2.59. The topological polar surface area (TPSA) is 145 Å². The Bertz CT molecular complexity index is 810. The molecule has 0 saturated carbocycles. The first kappa shape index (κ1) is 31.8. The molecule has 0 radical (unpaired) electrons. The van der Waals surface area contributed by atoms with E-state index in [9.17, 15) is 26.4 Å². The Morgan fingerprint density at radius 3 is 1.15 bits per heavy atom. The minimum Gasteiger partial charge on any atom is -0.350 e. The number of carbonyl (C=O) groups is 2. The predicted octanol–water partition coefficient (Wildman–Crippen LogP) is 1.81. The van der Waals surface area contributed by atoms with Crippen LogP contribution in [0.5, 0.6) is 0 Å². The molecule has 12 heteroatoms. The van der Waals surface area contributed by atoms with Crippen molar-refractivity contribution in [3.8, 4) is 0 Å². The number of hydrogen-bond acceptors (Lipinski definition) is 8. The fourth-order valence-corrected chi connectivity index (χ4v) is 3.75. The largest absolute Gasteiger partial charge is 0.350 e. The van der Waals surface area contributed by atoms with Crippen molar-refractivity contribution in [2.24, 2.45) is 16.2 Å². The number of amides is 2. The molecule has 0 rings (SSSR count). The van der Waals surface area contributed by atoms with Crippen LogP contribution < -0.4 is 10.6 Å². The molecule has 10 nitrogen and oxygen atoms in total. The van der Waals surface area contributed by atoms with Crippen LogP contribution in [-0.4, -0.2) is 66.5 Å². The van der Waals surface area contributed by atoms with E-state index in [2.05, 4.69) is 10.6 Å². The van der Waals surface area contributed by atoms with Gasteiger partial charge in [-0.15, -0.1) is 0 Å². The lowest BCUT2D eigenvalue weighted by atomic mass is 9.77. The minimum absolute atomic E-state index is 0.175. The molecule has 2 N–H and O–H groups in total. The van der Waals surface area contributed by atoms with Crippen molar-refractivity contribution in [3.63, 3.8) is 0 Å². The van der Waals surface area contributed by atoms with Crippen molar-refractivity contribution in [1.82, 2.24) is 10.6 Å². The fourth-order valence-electron chi connectivity index (χ4n) is 2.99. The first-order valence-electron chi connectivity index (χ1n) is 10.9. The van der Waals surface area contributed by atoms with Gasteiger partial charge in [0.1, 0.15) is 5.41 Å². The van der Waals surface area contributed by atoms with E-state index in [1.807, 2.05) is 41.5 Å². The molecule has 0 bridgehead atoms. The number of hydrogen-bond donors (Lipinski definition) is 2. The summed E-state index contributed by atoms with van der Waals surface area (Å²) in [4.78, 5) is 26.8. The van der Waals surface area contributed by atoms with Crippen LogP contribution in [0.2, 0.25) is 0 Å². The zero-order valence-corrected chi connectivity index (χ0v) is 23.2. The van der Waals surface area contributed by atoms with Gasteiger partial charge in [-0.2, -0.15) is 16.8 Å². The molecular weight excluding hydrogens is 472 g/mol. The lowest BCUT2D eigenvalue weighted by Gasteiger charge is -2.38. The smallest absolute Gasteiger partial charge is 0.264 e. The highest BCUT2D eigenvalue weighted by Gasteiger charge is 2.46. The van der Waals surface area contributed by atoms with Gasteiger partial charge in [0.25, 0.3) is 20.2 Å². The Morgan fingerprint density at radius 1 is 0.697 bits per heavy atom. The Hall–Kier alpha value is -1.24. The maximum absolute atomic E-state index is 13.4. The fraction of sp³-hybridized carbons (Fsp3) is 0.905. The van der Waals surface area contributed by atoms with Crippen LogP contribution >= 0.6 is 0 Å². The van der Waals surface area contributed by atoms with Gasteiger partial charge >= 0.3 is 0 Å². The van der Waals surface area contributed by atoms with Crippen LogP contribution in [0, 0.1) is 16.2 Å². The Morgan fingerprint density at radius 2 is 0.970 bits per heavy atom. The second-order valence-corrected chi connectivity index (χ2v) is 13.8. The van der Waals surface area contributed by atoms with Crippen LogP contribution in [0.4, 0.5) is 0 Å². The molecule has 0 unspecified atom stereocenters. The molecule has 0 aliphatic heterocycles. The van der Waals surface area contributed by atoms with Gasteiger partial charge in [0.15, 0.2) is 0 Å². The van der Waals surface area contributed by atoms with Crippen molar-refractivity contribution < 1.29 is 34.8 Å². The second-order valence-electron chi connectivity index (χ2n) is 10.6. The molecule has 196 valence electrons. The second kappa shape index (κ2) is 11.5. The molecule has 0 heterocycles. The van der Waals surface area contributed by atoms with Crippen molar-refractivity contribution in [3.05, 3.63) is 0 Å². The van der Waals surface area contributed by atoms with Crippen molar-refractivity contribution in [2.75, 3.05) is 25.7 Å². The molecule has 0 saturated heterocycles. The molecule has 0 aromatic heterocycles. The minimum atomic E-state index is -3.72. The SMILES string of the molecule is CCC(CC)(C(=O)N[C@H](COS(C)(=O)=O)C(C)(C)C)C(=O)N[C@H](COS(C)(=O)=O)C(C)(C)C. The van der Waals surface area contributed by atoms with Crippen molar-refractivity contribution in [1.29, 1.82) is 0 Å². The summed E-state index contributed by atoms with van der Waals surface area (Å²) in [7, 11) is -7.44. The zero-order valence-electron chi connectivity index (χ0n) is 21.6. The molecule has 2 amide bonds. The normalized spacial score (nSPS) is 15.6. The van der Waals surface area contributed by atoms with E-state index in [1.54, 1.807) is 13.8 Å². The molecule has 0 aromatic rings. The van der Waals surface area contributed by atoms with Crippen molar-refractivity contribution >= 4 is 32.1 Å². The van der Waals surface area contributed by atoms with Gasteiger partial charge in [0.2, 0.25) is 11.8 Å². The summed E-state index contributed by atoms with van der Waals surface area (Å²) in [5.74, 6) is -1.11. The van der Waals surface area contributed by atoms with Gasteiger partial charge in [-0.05, 0) is 23.7 Å². The van der Waals surface area contributed by atoms with Gasteiger partial charge in [-0.3, -0.25) is 18.0 Å². The van der Waals surface area contributed by atoms with Crippen LogP contribution in [0.25, 0.3) is 0 Å². The summed E-state index contributed by atoms with van der Waals surface area (Å²) in [5.41, 5.74) is -2.56. The van der Waals surface area contributed by atoms with Crippen molar-refractivity contribution in [2.45, 2.75) is 80.3 Å². The summed E-state index contributed by atoms with van der Waals surface area (Å²) >= 11 is 0. The van der Waals surface area contributed by atoms with Gasteiger partial charge < -0.3 is 10.6 Å². The number of carbonyl (C=O) groups excluding carboxylic acids is 2. The number of rotatable bonds is 12. The van der Waals surface area contributed by atoms with E-state index in [-0.39, 0.29) is 26.1 Å². The van der Waals surface area contributed by atoms with Crippen LogP contribution in [0.15, 0.2) is 0 Å². The summed E-state index contributed by atoms with van der Waals surface area (Å²) in [6.07, 6.45) is 2.20. The third-order valence-electron chi connectivity index (χ3n) is 5.68. The van der Waals surface area contributed by atoms with E-state index in [1.165, 1.54) is 0 Å². The highest BCUT2D eigenvalue weighted by molar-refractivity contribution is 7.86. The average molecular weight is 515 g/mol. The molecule has 0 spiro atoms. The van der Waals surface area contributed by atoms with E-state index in [4.69, 9.17) is 8.37 Å². The monoisotopic (exact) mass is 514 g/mol. The quantitative estimate of drug-likeness (QED) is 0.296. The standard InChI is InChI=1S/C21H42N2O8S2/c1-11-21(12-2,17(24)22-15(19(3,4)5)13-30-32(9,26)27)18(25)23-16(20(6,7)8)14-31-33(10,28)29/h15-16H,11-14H2,1-10H3,(H,22,24)(H,23,25)/t15-,16-/m1/s1. The Kier molecular flexibility index (Phi) is 11.0. The average Bonchev–Trinajstić information content (AvgIpc) is 2.60. The van der Waals surface area contributed by atoms with E-state index in [0.29, 0.717) is 0 Å². The summed E-state index contributed by atoms with van der Waals surface area (Å²) in [5, 5.41) is 5.61. The van der Waals surface area contributed by atoms with Crippen LogP contribution in [0.3, 0.4) is 0 Å². The highest BCUT2D eigenvalue weighted by atomic mass is 32.2. The van der Waals surface area contributed by atoms with Gasteiger partial charge in [-0.1, -0.05) is 55.4 Å². The van der Waals surface area contributed by atoms with Gasteiger partial charge in [0.05, 0.1) is 37.8 Å².